The lowest BCUT2D eigenvalue weighted by Gasteiger charge is -2.21. The highest BCUT2D eigenvalue weighted by atomic mass is 19.4. The number of alkyl halides is 6. The van der Waals surface area contributed by atoms with Crippen LogP contribution in [0, 0.1) is 20.4 Å². The highest BCUT2D eigenvalue weighted by Crippen LogP contribution is 2.45. The van der Waals surface area contributed by atoms with Gasteiger partial charge in [0.15, 0.2) is 5.69 Å². The number of halogens is 6. The molecule has 2 heterocycles. The van der Waals surface area contributed by atoms with Gasteiger partial charge in [-0.3, -0.25) is 0 Å². The third kappa shape index (κ3) is 5.68. The summed E-state index contributed by atoms with van der Waals surface area (Å²) >= 11 is 0. The first-order chi connectivity index (χ1) is 26.8. The van der Waals surface area contributed by atoms with Crippen molar-refractivity contribution >= 4 is 49.3 Å². The molecular formula is C47H29F6N3. The maximum atomic E-state index is 14.1. The van der Waals surface area contributed by atoms with Gasteiger partial charge in [0, 0.05) is 38.4 Å². The minimum atomic E-state index is -5.01. The molecule has 0 fully saturated rings. The molecule has 2 aromatic heterocycles. The van der Waals surface area contributed by atoms with Gasteiger partial charge in [-0.1, -0.05) is 84.9 Å². The number of hydrogen-bond donors (Lipinski definition) is 0. The second-order valence-electron chi connectivity index (χ2n) is 14.1. The molecule has 9 aromatic rings. The fourth-order valence-corrected chi connectivity index (χ4v) is 7.93. The van der Waals surface area contributed by atoms with E-state index in [2.05, 4.69) is 27.6 Å². The molecule has 0 aliphatic heterocycles. The van der Waals surface area contributed by atoms with Crippen LogP contribution in [0.3, 0.4) is 0 Å². The fraction of sp³-hybridized carbons (Fsp3) is 0.0851. The summed E-state index contributed by atoms with van der Waals surface area (Å²) in [6.07, 6.45) is -10.0. The van der Waals surface area contributed by atoms with E-state index >= 15 is 0 Å². The number of hydrogen-bond acceptors (Lipinski definition) is 0. The first-order valence-corrected chi connectivity index (χ1v) is 17.8. The molecule has 7 aromatic carbocycles. The van der Waals surface area contributed by atoms with Crippen LogP contribution in [-0.4, -0.2) is 9.13 Å². The van der Waals surface area contributed by atoms with Crippen molar-refractivity contribution in [3.8, 4) is 33.6 Å². The zero-order valence-corrected chi connectivity index (χ0v) is 29.9. The van der Waals surface area contributed by atoms with E-state index in [-0.39, 0.29) is 17.2 Å². The summed E-state index contributed by atoms with van der Waals surface area (Å²) in [7, 11) is 0. The van der Waals surface area contributed by atoms with E-state index in [1.807, 2.05) is 97.3 Å². The lowest BCUT2D eigenvalue weighted by molar-refractivity contribution is -0.143. The van der Waals surface area contributed by atoms with Crippen LogP contribution >= 0.6 is 0 Å². The summed E-state index contributed by atoms with van der Waals surface area (Å²) in [4.78, 5) is 3.77. The number of fused-ring (bicyclic) bond motifs is 6. The standard InChI is InChI=1S/C47H29F6N3/c1-27-12-16-36-34-8-4-6-10-40(34)55(42(36)20-27)44-24-29(30-22-31(46(48,49)50)25-32(23-30)47(51,52)53)14-18-38(44)39-19-15-33(54-3)26-45(39)56-41-11-7-5-9-35(41)37-17-13-28(2)21-43(37)56/h4-26H,1-2H3. The Morgan fingerprint density at radius 2 is 0.911 bits per heavy atom. The molecule has 0 unspecified atom stereocenters. The van der Waals surface area contributed by atoms with Crippen molar-refractivity contribution < 1.29 is 26.3 Å². The summed E-state index contributed by atoms with van der Waals surface area (Å²) < 4.78 is 88.9. The van der Waals surface area contributed by atoms with Crippen molar-refractivity contribution in [3.63, 3.8) is 0 Å². The SMILES string of the molecule is [C-]#[N+]c1ccc(-c2ccc(-c3cc(C(F)(F)F)cc(C(F)(F)F)c3)cc2-n2c3ccccc3c3ccc(C)cc32)c(-n2c3ccccc3c3ccc(C)cc32)c1. The van der Waals surface area contributed by atoms with E-state index in [1.54, 1.807) is 24.3 Å². The van der Waals surface area contributed by atoms with Gasteiger partial charge >= 0.3 is 12.4 Å². The summed E-state index contributed by atoms with van der Waals surface area (Å²) in [6, 6.07) is 40.1. The Labute approximate surface area is 317 Å². The molecule has 0 bridgehead atoms. The largest absolute Gasteiger partial charge is 0.416 e. The third-order valence-corrected chi connectivity index (χ3v) is 10.5. The highest BCUT2D eigenvalue weighted by molar-refractivity contribution is 6.12. The van der Waals surface area contributed by atoms with Crippen LogP contribution in [0.1, 0.15) is 22.3 Å². The summed E-state index contributed by atoms with van der Waals surface area (Å²) in [5.41, 5.74) is 5.62. The second kappa shape index (κ2) is 12.6. The van der Waals surface area contributed by atoms with Crippen molar-refractivity contribution in [1.82, 2.24) is 9.13 Å². The third-order valence-electron chi connectivity index (χ3n) is 10.5. The van der Waals surface area contributed by atoms with Crippen LogP contribution in [0.2, 0.25) is 0 Å². The lowest BCUT2D eigenvalue weighted by Crippen LogP contribution is -2.11. The smallest absolute Gasteiger partial charge is 0.310 e. The predicted molar refractivity (Wildman–Crippen MR) is 212 cm³/mol. The minimum absolute atomic E-state index is 0.146. The Morgan fingerprint density at radius 1 is 0.446 bits per heavy atom. The maximum absolute atomic E-state index is 14.1. The van der Waals surface area contributed by atoms with E-state index < -0.39 is 23.5 Å². The van der Waals surface area contributed by atoms with Crippen molar-refractivity contribution in [2.24, 2.45) is 0 Å². The van der Waals surface area contributed by atoms with Gasteiger partial charge in [0.2, 0.25) is 0 Å². The first kappa shape index (κ1) is 34.9. The lowest BCUT2D eigenvalue weighted by atomic mass is 9.94. The van der Waals surface area contributed by atoms with Gasteiger partial charge in [-0.2, -0.15) is 26.3 Å². The maximum Gasteiger partial charge on any atom is 0.416 e. The Kier molecular flexibility index (Phi) is 7.89. The predicted octanol–water partition coefficient (Wildman–Crippen LogP) is 14.4. The number of aryl methyl sites for hydroxylation is 2. The van der Waals surface area contributed by atoms with Crippen molar-refractivity contribution in [1.29, 1.82) is 0 Å². The normalized spacial score (nSPS) is 12.3. The first-order valence-electron chi connectivity index (χ1n) is 17.8. The van der Waals surface area contributed by atoms with Crippen LogP contribution in [0.4, 0.5) is 32.0 Å². The second-order valence-corrected chi connectivity index (χ2v) is 14.1. The van der Waals surface area contributed by atoms with Gasteiger partial charge in [0.1, 0.15) is 0 Å². The van der Waals surface area contributed by atoms with Gasteiger partial charge in [0.25, 0.3) is 0 Å². The summed E-state index contributed by atoms with van der Waals surface area (Å²) in [6.45, 7) is 11.9. The highest BCUT2D eigenvalue weighted by Gasteiger charge is 2.37. The van der Waals surface area contributed by atoms with Gasteiger partial charge in [-0.25, -0.2) is 4.85 Å². The monoisotopic (exact) mass is 749 g/mol. The van der Waals surface area contributed by atoms with E-state index in [0.29, 0.717) is 28.2 Å². The molecule has 274 valence electrons. The molecule has 0 aliphatic rings. The quantitative estimate of drug-likeness (QED) is 0.126. The number of nitrogens with zero attached hydrogens (tertiary/aromatic N) is 3. The molecule has 9 heteroatoms. The topological polar surface area (TPSA) is 14.2 Å². The average Bonchev–Trinajstić information content (AvgIpc) is 3.68. The van der Waals surface area contributed by atoms with Crippen LogP contribution in [-0.2, 0) is 12.4 Å². The fourth-order valence-electron chi connectivity index (χ4n) is 7.93. The van der Waals surface area contributed by atoms with Gasteiger partial charge in [-0.15, -0.1) is 0 Å². The van der Waals surface area contributed by atoms with E-state index in [0.717, 1.165) is 66.9 Å². The van der Waals surface area contributed by atoms with Crippen LogP contribution in [0.5, 0.6) is 0 Å². The zero-order chi connectivity index (χ0) is 39.1. The summed E-state index contributed by atoms with van der Waals surface area (Å²) in [5.74, 6) is 0. The Morgan fingerprint density at radius 3 is 1.41 bits per heavy atom. The molecule has 0 spiro atoms. The average molecular weight is 750 g/mol. The molecule has 0 saturated carbocycles. The van der Waals surface area contributed by atoms with Gasteiger partial charge in [0.05, 0.1) is 45.5 Å². The van der Waals surface area contributed by atoms with E-state index in [9.17, 15) is 26.3 Å². The molecule has 56 heavy (non-hydrogen) atoms. The van der Waals surface area contributed by atoms with Crippen molar-refractivity contribution in [2.45, 2.75) is 26.2 Å². The molecule has 0 saturated heterocycles. The number of aromatic nitrogens is 2. The zero-order valence-electron chi connectivity index (χ0n) is 29.9. The summed E-state index contributed by atoms with van der Waals surface area (Å²) in [5, 5.41) is 3.89. The minimum Gasteiger partial charge on any atom is -0.310 e. The van der Waals surface area contributed by atoms with Crippen molar-refractivity contribution in [2.75, 3.05) is 0 Å². The Hall–Kier alpha value is -6.79. The molecule has 0 aliphatic carbocycles. The van der Waals surface area contributed by atoms with E-state index in [1.165, 1.54) is 0 Å². The number of benzene rings is 7. The molecular weight excluding hydrogens is 721 g/mol. The Bertz CT molecular complexity index is 3070. The number of para-hydroxylation sites is 2. The Balaban J connectivity index is 1.42. The van der Waals surface area contributed by atoms with Gasteiger partial charge < -0.3 is 9.13 Å². The number of rotatable bonds is 4. The molecule has 0 amide bonds. The van der Waals surface area contributed by atoms with Crippen LogP contribution < -0.4 is 0 Å². The van der Waals surface area contributed by atoms with Crippen molar-refractivity contribution in [3.05, 3.63) is 173 Å². The molecule has 0 radical (unpaired) electrons. The molecule has 0 N–H and O–H groups in total. The van der Waals surface area contributed by atoms with Crippen LogP contribution in [0.25, 0.3) is 82.1 Å². The van der Waals surface area contributed by atoms with Gasteiger partial charge in [-0.05, 0) is 90.7 Å². The molecule has 3 nitrogen and oxygen atoms in total. The van der Waals surface area contributed by atoms with E-state index in [4.69, 9.17) is 6.57 Å². The molecule has 0 atom stereocenters. The molecule has 9 rings (SSSR count). The van der Waals surface area contributed by atoms with Crippen LogP contribution in [0.15, 0.2) is 140 Å².